The minimum absolute atomic E-state index is 0.513. The largest absolute Gasteiger partial charge is 0.341 e. The normalized spacial score (nSPS) is 16.5. The molecule has 1 aliphatic heterocycles. The van der Waals surface area contributed by atoms with Gasteiger partial charge in [-0.1, -0.05) is 11.6 Å². The number of aromatic nitrogens is 2. The molecule has 0 atom stereocenters. The Labute approximate surface area is 101 Å². The Morgan fingerprint density at radius 2 is 2.00 bits per heavy atom. The molecule has 0 unspecified atom stereocenters. The first-order chi connectivity index (χ1) is 7.79. The Balaban J connectivity index is 2.18. The van der Waals surface area contributed by atoms with Crippen molar-refractivity contribution in [3.63, 3.8) is 0 Å². The minimum Gasteiger partial charge on any atom is -0.341 e. The highest BCUT2D eigenvalue weighted by Crippen LogP contribution is 2.18. The lowest BCUT2D eigenvalue weighted by Gasteiger charge is -2.26. The Morgan fingerprint density at radius 3 is 2.69 bits per heavy atom. The molecule has 88 valence electrons. The third kappa shape index (κ3) is 2.83. The van der Waals surface area contributed by atoms with E-state index in [2.05, 4.69) is 14.9 Å². The van der Waals surface area contributed by atoms with Gasteiger partial charge in [-0.2, -0.15) is 0 Å². The van der Waals surface area contributed by atoms with E-state index in [9.17, 15) is 0 Å². The van der Waals surface area contributed by atoms with Crippen LogP contribution in [0.1, 0.15) is 25.0 Å². The molecule has 2 heterocycles. The van der Waals surface area contributed by atoms with Crippen molar-refractivity contribution in [3.05, 3.63) is 16.9 Å². The first-order valence-electron chi connectivity index (χ1n) is 5.78. The van der Waals surface area contributed by atoms with Gasteiger partial charge in [0.15, 0.2) is 0 Å². The van der Waals surface area contributed by atoms with Crippen LogP contribution in [0.4, 0.5) is 5.95 Å². The van der Waals surface area contributed by atoms with E-state index in [1.54, 1.807) is 6.07 Å². The molecule has 1 saturated heterocycles. The van der Waals surface area contributed by atoms with Gasteiger partial charge in [0.25, 0.3) is 0 Å². The van der Waals surface area contributed by atoms with Crippen molar-refractivity contribution in [2.45, 2.75) is 25.7 Å². The van der Waals surface area contributed by atoms with Gasteiger partial charge >= 0.3 is 0 Å². The van der Waals surface area contributed by atoms with Crippen LogP contribution in [0.5, 0.6) is 0 Å². The zero-order valence-corrected chi connectivity index (χ0v) is 10.1. The summed E-state index contributed by atoms with van der Waals surface area (Å²) in [4.78, 5) is 11.0. The highest BCUT2D eigenvalue weighted by Gasteiger charge is 2.14. The van der Waals surface area contributed by atoms with Gasteiger partial charge in [-0.15, -0.1) is 0 Å². The summed E-state index contributed by atoms with van der Waals surface area (Å²) in [7, 11) is 0. The SMILES string of the molecule is NCCc1cc(Cl)nc(N2CCCCC2)n1. The second-order valence-corrected chi connectivity index (χ2v) is 4.46. The highest BCUT2D eigenvalue weighted by atomic mass is 35.5. The van der Waals surface area contributed by atoms with Crippen molar-refractivity contribution >= 4 is 17.5 Å². The summed E-state index contributed by atoms with van der Waals surface area (Å²) < 4.78 is 0. The van der Waals surface area contributed by atoms with Gasteiger partial charge in [-0.25, -0.2) is 9.97 Å². The van der Waals surface area contributed by atoms with Crippen molar-refractivity contribution in [2.24, 2.45) is 5.73 Å². The molecule has 0 amide bonds. The molecule has 4 nitrogen and oxygen atoms in total. The molecular formula is C11H17ClN4. The highest BCUT2D eigenvalue weighted by molar-refractivity contribution is 6.29. The number of nitrogens with two attached hydrogens (primary N) is 1. The molecule has 0 bridgehead atoms. The van der Waals surface area contributed by atoms with Crippen molar-refractivity contribution in [3.8, 4) is 0 Å². The smallest absolute Gasteiger partial charge is 0.226 e. The van der Waals surface area contributed by atoms with E-state index < -0.39 is 0 Å². The van der Waals surface area contributed by atoms with Gasteiger partial charge in [0.1, 0.15) is 5.15 Å². The molecule has 1 aromatic heterocycles. The number of piperidine rings is 1. The topological polar surface area (TPSA) is 55.0 Å². The van der Waals surface area contributed by atoms with Crippen LogP contribution >= 0.6 is 11.6 Å². The van der Waals surface area contributed by atoms with E-state index >= 15 is 0 Å². The van der Waals surface area contributed by atoms with Crippen LogP contribution in [0.25, 0.3) is 0 Å². The molecule has 0 spiro atoms. The van der Waals surface area contributed by atoms with E-state index in [0.29, 0.717) is 11.7 Å². The van der Waals surface area contributed by atoms with Crippen LogP contribution in [0.15, 0.2) is 6.07 Å². The quantitative estimate of drug-likeness (QED) is 0.816. The molecule has 0 radical (unpaired) electrons. The molecule has 1 aliphatic rings. The van der Waals surface area contributed by atoms with Crippen molar-refractivity contribution in [1.29, 1.82) is 0 Å². The first-order valence-corrected chi connectivity index (χ1v) is 6.16. The zero-order valence-electron chi connectivity index (χ0n) is 9.32. The maximum absolute atomic E-state index is 5.99. The van der Waals surface area contributed by atoms with Gasteiger partial charge in [-0.3, -0.25) is 0 Å². The third-order valence-corrected chi connectivity index (χ3v) is 2.97. The Morgan fingerprint density at radius 1 is 1.25 bits per heavy atom. The van der Waals surface area contributed by atoms with Gasteiger partial charge in [0.2, 0.25) is 5.95 Å². The number of halogens is 1. The monoisotopic (exact) mass is 240 g/mol. The lowest BCUT2D eigenvalue weighted by Crippen LogP contribution is -2.31. The van der Waals surface area contributed by atoms with Crippen LogP contribution in [0.2, 0.25) is 5.15 Å². The average Bonchev–Trinajstić information content (AvgIpc) is 2.30. The van der Waals surface area contributed by atoms with E-state index in [4.69, 9.17) is 17.3 Å². The molecular weight excluding hydrogens is 224 g/mol. The molecule has 0 aliphatic carbocycles. The molecule has 2 N–H and O–H groups in total. The Bertz CT molecular complexity index is 350. The summed E-state index contributed by atoms with van der Waals surface area (Å²) in [5.41, 5.74) is 6.46. The van der Waals surface area contributed by atoms with E-state index in [1.165, 1.54) is 19.3 Å². The second kappa shape index (κ2) is 5.46. The molecule has 5 heteroatoms. The summed E-state index contributed by atoms with van der Waals surface area (Å²) in [6.07, 6.45) is 4.47. The summed E-state index contributed by atoms with van der Waals surface area (Å²) in [6, 6.07) is 1.79. The predicted molar refractivity (Wildman–Crippen MR) is 65.9 cm³/mol. The lowest BCUT2D eigenvalue weighted by molar-refractivity contribution is 0.567. The van der Waals surface area contributed by atoms with E-state index in [1.807, 2.05) is 0 Å². The van der Waals surface area contributed by atoms with Crippen LogP contribution in [-0.4, -0.2) is 29.6 Å². The molecule has 1 fully saturated rings. The van der Waals surface area contributed by atoms with Crippen LogP contribution < -0.4 is 10.6 Å². The van der Waals surface area contributed by atoms with E-state index in [-0.39, 0.29) is 0 Å². The minimum atomic E-state index is 0.513. The molecule has 1 aromatic rings. The average molecular weight is 241 g/mol. The van der Waals surface area contributed by atoms with Gasteiger partial charge in [-0.05, 0) is 31.9 Å². The number of rotatable bonds is 3. The van der Waals surface area contributed by atoms with Crippen LogP contribution in [0.3, 0.4) is 0 Å². The first kappa shape index (κ1) is 11.6. The van der Waals surface area contributed by atoms with Crippen LogP contribution in [0, 0.1) is 0 Å². The maximum Gasteiger partial charge on any atom is 0.226 e. The van der Waals surface area contributed by atoms with Crippen molar-refractivity contribution in [2.75, 3.05) is 24.5 Å². The Kier molecular flexibility index (Phi) is 3.96. The molecule has 2 rings (SSSR count). The zero-order chi connectivity index (χ0) is 11.4. The Hall–Kier alpha value is -0.870. The lowest BCUT2D eigenvalue weighted by atomic mass is 10.1. The number of nitrogens with zero attached hydrogens (tertiary/aromatic N) is 3. The fraction of sp³-hybridized carbons (Fsp3) is 0.636. The molecule has 0 saturated carbocycles. The van der Waals surface area contributed by atoms with Gasteiger partial charge in [0, 0.05) is 25.2 Å². The predicted octanol–water partition coefficient (Wildman–Crippen LogP) is 1.62. The van der Waals surface area contributed by atoms with Gasteiger partial charge in [0.05, 0.1) is 0 Å². The maximum atomic E-state index is 5.99. The summed E-state index contributed by atoms with van der Waals surface area (Å²) in [6.45, 7) is 2.65. The third-order valence-electron chi connectivity index (χ3n) is 2.78. The molecule has 0 aromatic carbocycles. The molecule has 16 heavy (non-hydrogen) atoms. The number of anilines is 1. The fourth-order valence-electron chi connectivity index (χ4n) is 1.96. The number of hydrogen-bond donors (Lipinski definition) is 1. The second-order valence-electron chi connectivity index (χ2n) is 4.07. The summed E-state index contributed by atoms with van der Waals surface area (Å²) >= 11 is 5.99. The van der Waals surface area contributed by atoms with Gasteiger partial charge < -0.3 is 10.6 Å². The summed E-state index contributed by atoms with van der Waals surface area (Å²) in [5.74, 6) is 0.760. The fourth-order valence-corrected chi connectivity index (χ4v) is 2.16. The van der Waals surface area contributed by atoms with E-state index in [0.717, 1.165) is 31.2 Å². The summed E-state index contributed by atoms with van der Waals surface area (Å²) in [5, 5.41) is 0.513. The number of hydrogen-bond acceptors (Lipinski definition) is 4. The van der Waals surface area contributed by atoms with Crippen molar-refractivity contribution < 1.29 is 0 Å². The van der Waals surface area contributed by atoms with Crippen molar-refractivity contribution in [1.82, 2.24) is 9.97 Å². The van der Waals surface area contributed by atoms with Crippen LogP contribution in [-0.2, 0) is 6.42 Å². The standard InChI is InChI=1S/C11H17ClN4/c12-10-8-9(4-5-13)14-11(15-10)16-6-2-1-3-7-16/h8H,1-7,13H2.